The highest BCUT2D eigenvalue weighted by Gasteiger charge is 2.19. The molecule has 0 aromatic carbocycles. The summed E-state index contributed by atoms with van der Waals surface area (Å²) in [6.45, 7) is 3.18. The summed E-state index contributed by atoms with van der Waals surface area (Å²) in [7, 11) is 0. The molecular weight excluding hydrogens is 152 g/mol. The van der Waals surface area contributed by atoms with E-state index < -0.39 is 0 Å². The summed E-state index contributed by atoms with van der Waals surface area (Å²) in [5, 5.41) is 1.47. The lowest BCUT2D eigenvalue weighted by Crippen LogP contribution is -2.50. The molecule has 0 atom stereocenters. The Morgan fingerprint density at radius 2 is 1.92 bits per heavy atom. The second-order valence-corrected chi connectivity index (χ2v) is 3.91. The second-order valence-electron chi connectivity index (χ2n) is 3.91. The van der Waals surface area contributed by atoms with Crippen molar-refractivity contribution < 1.29 is 0 Å². The van der Waals surface area contributed by atoms with Gasteiger partial charge in [-0.25, -0.2) is 0 Å². The van der Waals surface area contributed by atoms with Crippen LogP contribution in [0.25, 0.3) is 0 Å². The quantitative estimate of drug-likeness (QED) is 0.425. The molecule has 1 fully saturated rings. The molecule has 0 unspecified atom stereocenters. The Labute approximate surface area is 74.2 Å². The molecule has 0 aromatic heterocycles. The van der Waals surface area contributed by atoms with Gasteiger partial charge in [-0.05, 0) is 24.7 Å². The number of hydrogen-bond donors (Lipinski definition) is 3. The second kappa shape index (κ2) is 4.77. The van der Waals surface area contributed by atoms with Crippen molar-refractivity contribution in [1.29, 1.82) is 0 Å². The summed E-state index contributed by atoms with van der Waals surface area (Å²) in [5.41, 5.74) is 2.43. The monoisotopic (exact) mass is 172 g/mol. The molecule has 0 heterocycles. The van der Waals surface area contributed by atoms with Gasteiger partial charge < -0.3 is 0 Å². The molecule has 4 nitrogen and oxygen atoms in total. The number of hydrazine groups is 3. The SMILES string of the molecule is CC1CCC(CN(N)NN)CC1. The van der Waals surface area contributed by atoms with E-state index in [1.54, 1.807) is 0 Å². The number of hydrogen-bond acceptors (Lipinski definition) is 4. The summed E-state index contributed by atoms with van der Waals surface area (Å²) in [6.07, 6.45) is 5.25. The third-order valence-electron chi connectivity index (χ3n) is 2.76. The Morgan fingerprint density at radius 3 is 2.42 bits per heavy atom. The van der Waals surface area contributed by atoms with E-state index in [1.165, 1.54) is 30.8 Å². The molecule has 0 aliphatic heterocycles. The van der Waals surface area contributed by atoms with Crippen molar-refractivity contribution in [3.63, 3.8) is 0 Å². The zero-order valence-electron chi connectivity index (χ0n) is 7.79. The van der Waals surface area contributed by atoms with E-state index in [2.05, 4.69) is 12.5 Å². The Kier molecular flexibility index (Phi) is 3.94. The zero-order chi connectivity index (χ0) is 8.97. The van der Waals surface area contributed by atoms with Crippen molar-refractivity contribution >= 4 is 0 Å². The fourth-order valence-electron chi connectivity index (χ4n) is 1.84. The van der Waals surface area contributed by atoms with E-state index in [9.17, 15) is 0 Å². The lowest BCUT2D eigenvalue weighted by molar-refractivity contribution is 0.134. The molecule has 12 heavy (non-hydrogen) atoms. The highest BCUT2D eigenvalue weighted by Crippen LogP contribution is 2.27. The summed E-state index contributed by atoms with van der Waals surface area (Å²) in [6, 6.07) is 0. The Balaban J connectivity index is 2.17. The molecule has 0 radical (unpaired) electrons. The molecule has 5 N–H and O–H groups in total. The molecule has 0 bridgehead atoms. The van der Waals surface area contributed by atoms with E-state index in [0.29, 0.717) is 0 Å². The first-order chi connectivity index (χ1) is 5.72. The van der Waals surface area contributed by atoms with Crippen LogP contribution in [0.15, 0.2) is 0 Å². The van der Waals surface area contributed by atoms with Crippen molar-refractivity contribution in [2.24, 2.45) is 23.5 Å². The molecule has 0 aromatic rings. The van der Waals surface area contributed by atoms with Crippen LogP contribution < -0.4 is 17.2 Å². The van der Waals surface area contributed by atoms with Gasteiger partial charge in [0.1, 0.15) is 0 Å². The Hall–Kier alpha value is -0.160. The maximum absolute atomic E-state index is 5.54. The maximum atomic E-state index is 5.54. The van der Waals surface area contributed by atoms with E-state index in [-0.39, 0.29) is 0 Å². The summed E-state index contributed by atoms with van der Waals surface area (Å²) >= 11 is 0. The maximum Gasteiger partial charge on any atom is 0.0327 e. The lowest BCUT2D eigenvalue weighted by Gasteiger charge is -2.28. The minimum Gasteiger partial charge on any atom is -0.256 e. The first-order valence-electron chi connectivity index (χ1n) is 4.71. The summed E-state index contributed by atoms with van der Waals surface area (Å²) in [4.78, 5) is 0. The molecule has 0 amide bonds. The van der Waals surface area contributed by atoms with Crippen LogP contribution >= 0.6 is 0 Å². The first-order valence-corrected chi connectivity index (χ1v) is 4.71. The highest BCUT2D eigenvalue weighted by atomic mass is 15.7. The molecule has 1 rings (SSSR count). The minimum atomic E-state index is 0.724. The molecule has 0 saturated heterocycles. The van der Waals surface area contributed by atoms with Gasteiger partial charge in [0.05, 0.1) is 0 Å². The van der Waals surface area contributed by atoms with Crippen molar-refractivity contribution in [3.05, 3.63) is 0 Å². The van der Waals surface area contributed by atoms with E-state index in [0.717, 1.165) is 18.4 Å². The van der Waals surface area contributed by atoms with Crippen LogP contribution in [0.1, 0.15) is 32.6 Å². The van der Waals surface area contributed by atoms with Crippen LogP contribution in [0.5, 0.6) is 0 Å². The van der Waals surface area contributed by atoms with Crippen LogP contribution in [-0.2, 0) is 0 Å². The summed E-state index contributed by atoms with van der Waals surface area (Å²) in [5.74, 6) is 12.3. The molecule has 1 saturated carbocycles. The number of nitrogens with two attached hydrogens (primary N) is 2. The number of nitrogens with zero attached hydrogens (tertiary/aromatic N) is 1. The van der Waals surface area contributed by atoms with Gasteiger partial charge in [-0.3, -0.25) is 11.7 Å². The smallest absolute Gasteiger partial charge is 0.0327 e. The largest absolute Gasteiger partial charge is 0.256 e. The van der Waals surface area contributed by atoms with Crippen molar-refractivity contribution in [2.45, 2.75) is 32.6 Å². The molecule has 4 heteroatoms. The zero-order valence-corrected chi connectivity index (χ0v) is 7.79. The van der Waals surface area contributed by atoms with E-state index in [1.807, 2.05) is 0 Å². The molecule has 1 aliphatic carbocycles. The van der Waals surface area contributed by atoms with Crippen molar-refractivity contribution in [2.75, 3.05) is 6.54 Å². The van der Waals surface area contributed by atoms with Gasteiger partial charge in [-0.15, -0.1) is 0 Å². The minimum absolute atomic E-state index is 0.724. The Bertz CT molecular complexity index is 120. The van der Waals surface area contributed by atoms with Crippen LogP contribution in [0.3, 0.4) is 0 Å². The normalized spacial score (nSPS) is 31.0. The summed E-state index contributed by atoms with van der Waals surface area (Å²) < 4.78 is 0. The average molecular weight is 172 g/mol. The predicted molar refractivity (Wildman–Crippen MR) is 49.3 cm³/mol. The van der Waals surface area contributed by atoms with Gasteiger partial charge in [0.2, 0.25) is 0 Å². The topological polar surface area (TPSA) is 67.3 Å². The molecule has 1 aliphatic rings. The van der Waals surface area contributed by atoms with E-state index >= 15 is 0 Å². The fourth-order valence-corrected chi connectivity index (χ4v) is 1.84. The van der Waals surface area contributed by atoms with Gasteiger partial charge in [0.25, 0.3) is 0 Å². The number of nitrogens with one attached hydrogen (secondary N) is 1. The Morgan fingerprint density at radius 1 is 1.33 bits per heavy atom. The highest BCUT2D eigenvalue weighted by molar-refractivity contribution is 4.70. The molecular formula is C8H20N4. The number of rotatable bonds is 3. The first kappa shape index (κ1) is 9.92. The van der Waals surface area contributed by atoms with Crippen LogP contribution in [0, 0.1) is 11.8 Å². The van der Waals surface area contributed by atoms with Crippen LogP contribution in [-0.4, -0.2) is 11.7 Å². The van der Waals surface area contributed by atoms with Crippen LogP contribution in [0.2, 0.25) is 0 Å². The third-order valence-corrected chi connectivity index (χ3v) is 2.76. The van der Waals surface area contributed by atoms with Gasteiger partial charge in [-0.1, -0.05) is 19.8 Å². The third kappa shape index (κ3) is 3.06. The lowest BCUT2D eigenvalue weighted by atomic mass is 9.83. The molecule has 0 spiro atoms. The van der Waals surface area contributed by atoms with Gasteiger partial charge >= 0.3 is 0 Å². The van der Waals surface area contributed by atoms with Crippen LogP contribution in [0.4, 0.5) is 0 Å². The van der Waals surface area contributed by atoms with Gasteiger partial charge in [0.15, 0.2) is 0 Å². The van der Waals surface area contributed by atoms with Crippen molar-refractivity contribution in [3.8, 4) is 0 Å². The standard InChI is InChI=1S/C8H20N4/c1-7-2-4-8(5-3-7)6-12(10)11-9/h7-8,11H,2-6,9-10H2,1H3. The van der Waals surface area contributed by atoms with Crippen molar-refractivity contribution in [1.82, 2.24) is 10.7 Å². The fraction of sp³-hybridized carbons (Fsp3) is 1.00. The molecule has 72 valence electrons. The average Bonchev–Trinajstić information content (AvgIpc) is 2.09. The van der Waals surface area contributed by atoms with Gasteiger partial charge in [0, 0.05) is 6.54 Å². The van der Waals surface area contributed by atoms with E-state index in [4.69, 9.17) is 11.7 Å². The predicted octanol–water partition coefficient (Wildman–Crippen LogP) is 0.367. The van der Waals surface area contributed by atoms with Gasteiger partial charge in [-0.2, -0.15) is 10.7 Å².